The van der Waals surface area contributed by atoms with Crippen LogP contribution in [0.3, 0.4) is 0 Å². The molecule has 0 unspecified atom stereocenters. The van der Waals surface area contributed by atoms with Gasteiger partial charge in [-0.3, -0.25) is 14.9 Å². The maximum absolute atomic E-state index is 12.7. The first-order valence-electron chi connectivity index (χ1n) is 7.45. The van der Waals surface area contributed by atoms with Crippen LogP contribution >= 0.6 is 11.3 Å². The lowest BCUT2D eigenvalue weighted by Gasteiger charge is -2.33. The van der Waals surface area contributed by atoms with Crippen LogP contribution in [0.1, 0.15) is 10.4 Å². The number of benzene rings is 1. The first-order valence-corrected chi connectivity index (χ1v) is 9.84. The Morgan fingerprint density at radius 2 is 1.88 bits per heavy atom. The van der Waals surface area contributed by atoms with Crippen LogP contribution < -0.4 is 0 Å². The number of non-ortho nitro benzene ring substituents is 1. The fourth-order valence-electron chi connectivity index (χ4n) is 2.61. The van der Waals surface area contributed by atoms with E-state index in [4.69, 9.17) is 0 Å². The number of hydrogen-bond donors (Lipinski definition) is 0. The molecule has 0 N–H and O–H groups in total. The van der Waals surface area contributed by atoms with Crippen molar-refractivity contribution in [2.75, 3.05) is 26.2 Å². The van der Waals surface area contributed by atoms with Crippen molar-refractivity contribution in [3.05, 3.63) is 56.8 Å². The van der Waals surface area contributed by atoms with Gasteiger partial charge in [-0.05, 0) is 17.5 Å². The van der Waals surface area contributed by atoms with Crippen molar-refractivity contribution in [2.45, 2.75) is 4.90 Å². The molecule has 132 valence electrons. The van der Waals surface area contributed by atoms with Gasteiger partial charge in [0.1, 0.15) is 0 Å². The van der Waals surface area contributed by atoms with E-state index in [9.17, 15) is 23.3 Å². The average molecular weight is 381 g/mol. The summed E-state index contributed by atoms with van der Waals surface area (Å²) in [5.74, 6) is -0.117. The predicted octanol–water partition coefficient (Wildman–Crippen LogP) is 1.80. The monoisotopic (exact) mass is 381 g/mol. The molecule has 0 radical (unpaired) electrons. The number of nitro benzene ring substituents is 1. The summed E-state index contributed by atoms with van der Waals surface area (Å²) in [6.07, 6.45) is 0. The molecule has 25 heavy (non-hydrogen) atoms. The van der Waals surface area contributed by atoms with E-state index in [1.807, 2.05) is 5.38 Å². The number of sulfonamides is 1. The largest absolute Gasteiger partial charge is 0.336 e. The summed E-state index contributed by atoms with van der Waals surface area (Å²) < 4.78 is 26.6. The molecule has 1 aliphatic heterocycles. The lowest BCUT2D eigenvalue weighted by Crippen LogP contribution is -2.50. The van der Waals surface area contributed by atoms with Crippen LogP contribution in [0.25, 0.3) is 0 Å². The number of carbonyl (C=O) groups is 1. The van der Waals surface area contributed by atoms with Gasteiger partial charge in [0.2, 0.25) is 10.0 Å². The number of piperazine rings is 1. The summed E-state index contributed by atoms with van der Waals surface area (Å²) in [6, 6.07) is 6.72. The van der Waals surface area contributed by atoms with Crippen LogP contribution in [0.5, 0.6) is 0 Å². The van der Waals surface area contributed by atoms with E-state index < -0.39 is 14.9 Å². The minimum atomic E-state index is -3.83. The van der Waals surface area contributed by atoms with E-state index >= 15 is 0 Å². The number of thiophene rings is 1. The smallest absolute Gasteiger partial charge is 0.270 e. The molecule has 10 heteroatoms. The molecular weight excluding hydrogens is 366 g/mol. The second kappa shape index (κ2) is 6.90. The van der Waals surface area contributed by atoms with Crippen molar-refractivity contribution in [1.29, 1.82) is 0 Å². The SMILES string of the molecule is O=C(c1ccsc1)N1CCN(S(=O)(=O)c2cccc([N+](=O)[O-])c2)CC1. The second-order valence-corrected chi connectivity index (χ2v) is 8.18. The Balaban J connectivity index is 1.72. The topological polar surface area (TPSA) is 101 Å². The van der Waals surface area contributed by atoms with Gasteiger partial charge >= 0.3 is 0 Å². The average Bonchev–Trinajstić information content (AvgIpc) is 3.16. The maximum Gasteiger partial charge on any atom is 0.270 e. The second-order valence-electron chi connectivity index (χ2n) is 5.46. The fraction of sp³-hybridized carbons (Fsp3) is 0.267. The molecule has 0 aliphatic carbocycles. The van der Waals surface area contributed by atoms with Crippen LogP contribution in [-0.4, -0.2) is 54.6 Å². The highest BCUT2D eigenvalue weighted by molar-refractivity contribution is 7.89. The van der Waals surface area contributed by atoms with Crippen molar-refractivity contribution in [3.8, 4) is 0 Å². The van der Waals surface area contributed by atoms with Crippen LogP contribution in [0.15, 0.2) is 46.0 Å². The van der Waals surface area contributed by atoms with Gasteiger partial charge in [0.15, 0.2) is 0 Å². The molecule has 1 amide bonds. The molecule has 1 aromatic carbocycles. The van der Waals surface area contributed by atoms with E-state index in [1.165, 1.54) is 33.8 Å². The third-order valence-corrected chi connectivity index (χ3v) is 6.54. The molecule has 2 aromatic rings. The van der Waals surface area contributed by atoms with Crippen LogP contribution in [0.4, 0.5) is 5.69 Å². The summed E-state index contributed by atoms with van der Waals surface area (Å²) >= 11 is 1.43. The van der Waals surface area contributed by atoms with Gasteiger partial charge in [-0.2, -0.15) is 15.6 Å². The van der Waals surface area contributed by atoms with E-state index in [-0.39, 0.29) is 42.7 Å². The molecule has 3 rings (SSSR count). The first-order chi connectivity index (χ1) is 11.9. The lowest BCUT2D eigenvalue weighted by atomic mass is 10.2. The summed E-state index contributed by atoms with van der Waals surface area (Å²) in [5.41, 5.74) is 0.326. The molecule has 1 fully saturated rings. The zero-order chi connectivity index (χ0) is 18.0. The normalized spacial score (nSPS) is 15.9. The van der Waals surface area contributed by atoms with Crippen molar-refractivity contribution in [2.24, 2.45) is 0 Å². The standard InChI is InChI=1S/C15H15N3O5S2/c19-15(12-4-9-24-11-12)16-5-7-17(8-6-16)25(22,23)14-3-1-2-13(10-14)18(20)21/h1-4,9-11H,5-8H2. The molecule has 2 heterocycles. The van der Waals surface area contributed by atoms with E-state index in [0.29, 0.717) is 5.56 Å². The third kappa shape index (κ3) is 3.55. The van der Waals surface area contributed by atoms with Gasteiger partial charge in [0, 0.05) is 43.7 Å². The number of amides is 1. The third-order valence-electron chi connectivity index (χ3n) is 3.96. The van der Waals surface area contributed by atoms with Gasteiger partial charge in [-0.1, -0.05) is 6.07 Å². The van der Waals surface area contributed by atoms with E-state index in [1.54, 1.807) is 16.3 Å². The highest BCUT2D eigenvalue weighted by atomic mass is 32.2. The Kier molecular flexibility index (Phi) is 4.84. The van der Waals surface area contributed by atoms with Gasteiger partial charge in [-0.15, -0.1) is 0 Å². The lowest BCUT2D eigenvalue weighted by molar-refractivity contribution is -0.385. The quantitative estimate of drug-likeness (QED) is 0.594. The summed E-state index contributed by atoms with van der Waals surface area (Å²) in [7, 11) is -3.83. The van der Waals surface area contributed by atoms with Gasteiger partial charge < -0.3 is 4.90 Å². The van der Waals surface area contributed by atoms with Crippen molar-refractivity contribution in [3.63, 3.8) is 0 Å². The minimum absolute atomic E-state index is 0.112. The zero-order valence-electron chi connectivity index (χ0n) is 13.1. The Morgan fingerprint density at radius 1 is 1.16 bits per heavy atom. The highest BCUT2D eigenvalue weighted by Gasteiger charge is 2.31. The number of nitrogens with zero attached hydrogens (tertiary/aromatic N) is 3. The fourth-order valence-corrected chi connectivity index (χ4v) is 4.70. The highest BCUT2D eigenvalue weighted by Crippen LogP contribution is 2.22. The first kappa shape index (κ1) is 17.5. The molecule has 1 aliphatic rings. The van der Waals surface area contributed by atoms with E-state index in [2.05, 4.69) is 0 Å². The van der Waals surface area contributed by atoms with Gasteiger partial charge in [0.25, 0.3) is 11.6 Å². The number of carbonyl (C=O) groups excluding carboxylic acids is 1. The zero-order valence-corrected chi connectivity index (χ0v) is 14.7. The maximum atomic E-state index is 12.7. The summed E-state index contributed by atoms with van der Waals surface area (Å²) in [5, 5.41) is 14.4. The van der Waals surface area contributed by atoms with Gasteiger partial charge in [-0.25, -0.2) is 8.42 Å². The summed E-state index contributed by atoms with van der Waals surface area (Å²) in [6.45, 7) is 0.869. The van der Waals surface area contributed by atoms with Crippen molar-refractivity contribution >= 4 is 33.0 Å². The number of hydrogen-bond acceptors (Lipinski definition) is 6. The van der Waals surface area contributed by atoms with Crippen LogP contribution in [-0.2, 0) is 10.0 Å². The van der Waals surface area contributed by atoms with Crippen LogP contribution in [0.2, 0.25) is 0 Å². The van der Waals surface area contributed by atoms with E-state index in [0.717, 1.165) is 6.07 Å². The Labute approximate surface area is 148 Å². The number of rotatable bonds is 4. The molecular formula is C15H15N3O5S2. The molecule has 0 saturated carbocycles. The Hall–Kier alpha value is -2.30. The summed E-state index contributed by atoms with van der Waals surface area (Å²) in [4.78, 5) is 24.0. The molecule has 0 spiro atoms. The van der Waals surface area contributed by atoms with Crippen molar-refractivity contribution in [1.82, 2.24) is 9.21 Å². The molecule has 1 saturated heterocycles. The molecule has 1 aromatic heterocycles. The van der Waals surface area contributed by atoms with Crippen molar-refractivity contribution < 1.29 is 18.1 Å². The van der Waals surface area contributed by atoms with Gasteiger partial charge in [0.05, 0.1) is 15.4 Å². The molecule has 0 atom stereocenters. The Morgan fingerprint density at radius 3 is 2.48 bits per heavy atom. The molecule has 8 nitrogen and oxygen atoms in total. The predicted molar refractivity (Wildman–Crippen MR) is 92.1 cm³/mol. The molecule has 0 bridgehead atoms. The minimum Gasteiger partial charge on any atom is -0.336 e. The Bertz CT molecular complexity index is 888. The van der Waals surface area contributed by atoms with Crippen LogP contribution in [0, 0.1) is 10.1 Å². The number of nitro groups is 1.